The van der Waals surface area contributed by atoms with Crippen molar-refractivity contribution >= 4 is 58.0 Å². The Bertz CT molecular complexity index is 1230. The first-order valence-electron chi connectivity index (χ1n) is 8.52. The molecule has 4 rings (SSSR count). The van der Waals surface area contributed by atoms with E-state index < -0.39 is 0 Å². The molecule has 0 fully saturated rings. The van der Waals surface area contributed by atoms with Crippen LogP contribution in [0.5, 0.6) is 0 Å². The zero-order chi connectivity index (χ0) is 20.2. The van der Waals surface area contributed by atoms with Gasteiger partial charge in [0, 0.05) is 27.2 Å². The predicted octanol–water partition coefficient (Wildman–Crippen LogP) is 6.69. The lowest BCUT2D eigenvalue weighted by atomic mass is 10.2. The molecule has 0 aliphatic heterocycles. The van der Waals surface area contributed by atoms with E-state index >= 15 is 0 Å². The fourth-order valence-corrected chi connectivity index (χ4v) is 3.92. The Morgan fingerprint density at radius 3 is 2.48 bits per heavy atom. The van der Waals surface area contributed by atoms with Crippen molar-refractivity contribution in [3.63, 3.8) is 0 Å². The maximum absolute atomic E-state index is 6.43. The van der Waals surface area contributed by atoms with Crippen molar-refractivity contribution < 1.29 is 0 Å². The van der Waals surface area contributed by atoms with Gasteiger partial charge in [-0.05, 0) is 54.6 Å². The lowest BCUT2D eigenvalue weighted by molar-refractivity contribution is 0.854. The summed E-state index contributed by atoms with van der Waals surface area (Å²) >= 11 is 20.0. The smallest absolute Gasteiger partial charge is 0.211 e. The molecule has 0 atom stereocenters. The Labute approximate surface area is 186 Å². The molecule has 0 aliphatic carbocycles. The van der Waals surface area contributed by atoms with Crippen molar-refractivity contribution in [3.8, 4) is 11.3 Å². The van der Waals surface area contributed by atoms with Gasteiger partial charge in [0.25, 0.3) is 0 Å². The average Bonchev–Trinajstić information content (AvgIpc) is 3.13. The summed E-state index contributed by atoms with van der Waals surface area (Å²) in [6, 6.07) is 18.2. The maximum atomic E-state index is 6.43. The van der Waals surface area contributed by atoms with E-state index in [1.165, 1.54) is 11.3 Å². The standard InChI is InChI=1S/C21H13Cl3N4S/c22-14-4-7-16(8-5-14)27-21-28(26-12-17-3-1-2-10-25-17)20(13-29-21)18-11-15(23)6-9-19(18)24/h1-13H. The highest BCUT2D eigenvalue weighted by atomic mass is 35.5. The lowest BCUT2D eigenvalue weighted by Gasteiger charge is -2.06. The molecule has 4 nitrogen and oxygen atoms in total. The van der Waals surface area contributed by atoms with E-state index in [1.54, 1.807) is 41.4 Å². The molecule has 0 saturated heterocycles. The van der Waals surface area contributed by atoms with Crippen LogP contribution in [0.15, 0.2) is 82.3 Å². The van der Waals surface area contributed by atoms with Crippen LogP contribution >= 0.6 is 46.1 Å². The van der Waals surface area contributed by atoms with E-state index in [0.717, 1.165) is 22.6 Å². The number of aromatic nitrogens is 2. The SMILES string of the molecule is Clc1ccc(N=c2scc(-c3cc(Cl)ccc3Cl)n2N=Cc2ccccn2)cc1. The zero-order valence-electron chi connectivity index (χ0n) is 14.8. The Kier molecular flexibility index (Phi) is 6.11. The number of pyridine rings is 1. The Morgan fingerprint density at radius 1 is 0.931 bits per heavy atom. The molecule has 144 valence electrons. The minimum absolute atomic E-state index is 0.576. The van der Waals surface area contributed by atoms with Crippen LogP contribution < -0.4 is 4.80 Å². The molecule has 0 radical (unpaired) electrons. The van der Waals surface area contributed by atoms with Crippen LogP contribution in [0.2, 0.25) is 15.1 Å². The number of benzene rings is 2. The van der Waals surface area contributed by atoms with Gasteiger partial charge < -0.3 is 0 Å². The van der Waals surface area contributed by atoms with Crippen LogP contribution in [0.1, 0.15) is 5.69 Å². The number of thiazole rings is 1. The van der Waals surface area contributed by atoms with Gasteiger partial charge in [-0.2, -0.15) is 5.10 Å². The summed E-state index contributed by atoms with van der Waals surface area (Å²) < 4.78 is 1.73. The van der Waals surface area contributed by atoms with Crippen LogP contribution in [0.25, 0.3) is 11.3 Å². The number of rotatable bonds is 4. The van der Waals surface area contributed by atoms with E-state index in [1.807, 2.05) is 41.8 Å². The lowest BCUT2D eigenvalue weighted by Crippen LogP contribution is -2.11. The van der Waals surface area contributed by atoms with Gasteiger partial charge in [-0.15, -0.1) is 11.3 Å². The second-order valence-electron chi connectivity index (χ2n) is 5.93. The van der Waals surface area contributed by atoms with Crippen LogP contribution in [0, 0.1) is 0 Å². The van der Waals surface area contributed by atoms with Crippen molar-refractivity contribution in [3.05, 3.63) is 97.8 Å². The fourth-order valence-electron chi connectivity index (χ4n) is 2.56. The third kappa shape index (κ3) is 4.77. The molecular weight excluding hydrogens is 447 g/mol. The molecule has 4 aromatic rings. The summed E-state index contributed by atoms with van der Waals surface area (Å²) in [5.41, 5.74) is 3.04. The van der Waals surface area contributed by atoms with Crippen LogP contribution in [0.3, 0.4) is 0 Å². The summed E-state index contributed by atoms with van der Waals surface area (Å²) in [4.78, 5) is 9.66. The molecule has 0 amide bonds. The number of nitrogens with zero attached hydrogens (tertiary/aromatic N) is 4. The monoisotopic (exact) mass is 458 g/mol. The maximum Gasteiger partial charge on any atom is 0.211 e. The van der Waals surface area contributed by atoms with Gasteiger partial charge in [-0.1, -0.05) is 40.9 Å². The van der Waals surface area contributed by atoms with E-state index in [0.29, 0.717) is 19.9 Å². The van der Waals surface area contributed by atoms with Gasteiger partial charge in [0.05, 0.1) is 28.3 Å². The Hall–Kier alpha value is -2.44. The molecule has 2 aromatic carbocycles. The summed E-state index contributed by atoms with van der Waals surface area (Å²) in [5.74, 6) is 0. The van der Waals surface area contributed by atoms with Crippen LogP contribution in [-0.2, 0) is 0 Å². The second-order valence-corrected chi connectivity index (χ2v) is 8.04. The Morgan fingerprint density at radius 2 is 1.72 bits per heavy atom. The first-order chi connectivity index (χ1) is 14.1. The minimum atomic E-state index is 0.576. The molecule has 0 saturated carbocycles. The predicted molar refractivity (Wildman–Crippen MR) is 122 cm³/mol. The highest BCUT2D eigenvalue weighted by Gasteiger charge is 2.12. The van der Waals surface area contributed by atoms with E-state index in [-0.39, 0.29) is 0 Å². The summed E-state index contributed by atoms with van der Waals surface area (Å²) in [5, 5.41) is 8.38. The molecule has 29 heavy (non-hydrogen) atoms. The molecule has 2 aromatic heterocycles. The number of halogens is 3. The fraction of sp³-hybridized carbons (Fsp3) is 0. The highest BCUT2D eigenvalue weighted by molar-refractivity contribution is 7.07. The van der Waals surface area contributed by atoms with Crippen molar-refractivity contribution in [2.24, 2.45) is 10.1 Å². The third-order valence-corrected chi connectivity index (χ3v) is 5.57. The van der Waals surface area contributed by atoms with E-state index in [2.05, 4.69) is 10.1 Å². The highest BCUT2D eigenvalue weighted by Crippen LogP contribution is 2.31. The van der Waals surface area contributed by atoms with Gasteiger partial charge >= 0.3 is 0 Å². The molecular formula is C21H13Cl3N4S. The van der Waals surface area contributed by atoms with Gasteiger partial charge in [-0.25, -0.2) is 9.67 Å². The van der Waals surface area contributed by atoms with E-state index in [9.17, 15) is 0 Å². The van der Waals surface area contributed by atoms with Crippen molar-refractivity contribution in [1.82, 2.24) is 9.66 Å². The largest absolute Gasteiger partial charge is 0.255 e. The van der Waals surface area contributed by atoms with Crippen molar-refractivity contribution in [1.29, 1.82) is 0 Å². The topological polar surface area (TPSA) is 42.5 Å². The van der Waals surface area contributed by atoms with Gasteiger partial charge in [0.15, 0.2) is 0 Å². The minimum Gasteiger partial charge on any atom is -0.255 e. The zero-order valence-corrected chi connectivity index (χ0v) is 17.9. The third-order valence-electron chi connectivity index (χ3n) is 3.93. The first-order valence-corrected chi connectivity index (χ1v) is 10.5. The van der Waals surface area contributed by atoms with Gasteiger partial charge in [-0.3, -0.25) is 4.98 Å². The van der Waals surface area contributed by atoms with Gasteiger partial charge in [0.1, 0.15) is 0 Å². The normalized spacial score (nSPS) is 12.0. The molecule has 8 heteroatoms. The Balaban J connectivity index is 1.88. The quantitative estimate of drug-likeness (QED) is 0.314. The summed E-state index contributed by atoms with van der Waals surface area (Å²) in [6.45, 7) is 0. The second kappa shape index (κ2) is 8.93. The summed E-state index contributed by atoms with van der Waals surface area (Å²) in [7, 11) is 0. The summed E-state index contributed by atoms with van der Waals surface area (Å²) in [6.07, 6.45) is 3.39. The van der Waals surface area contributed by atoms with Crippen LogP contribution in [0.4, 0.5) is 5.69 Å². The van der Waals surface area contributed by atoms with Crippen molar-refractivity contribution in [2.75, 3.05) is 0 Å². The molecule has 0 unspecified atom stereocenters. The average molecular weight is 460 g/mol. The number of hydrogen-bond acceptors (Lipinski definition) is 4. The molecule has 0 aliphatic rings. The molecule has 0 spiro atoms. The molecule has 0 N–H and O–H groups in total. The molecule has 2 heterocycles. The van der Waals surface area contributed by atoms with Crippen LogP contribution in [-0.4, -0.2) is 15.9 Å². The molecule has 0 bridgehead atoms. The van der Waals surface area contributed by atoms with Gasteiger partial charge in [0.2, 0.25) is 4.80 Å². The first kappa shape index (κ1) is 19.9. The number of hydrogen-bond donors (Lipinski definition) is 0. The van der Waals surface area contributed by atoms with Crippen molar-refractivity contribution in [2.45, 2.75) is 0 Å². The van der Waals surface area contributed by atoms with E-state index in [4.69, 9.17) is 39.8 Å².